The van der Waals surface area contributed by atoms with Gasteiger partial charge in [-0.25, -0.2) is 0 Å². The Morgan fingerprint density at radius 2 is 1.67 bits per heavy atom. The normalized spacial score (nSPS) is 15.2. The predicted molar refractivity (Wildman–Crippen MR) is 66.0 cm³/mol. The van der Waals surface area contributed by atoms with Gasteiger partial charge in [0.1, 0.15) is 0 Å². The summed E-state index contributed by atoms with van der Waals surface area (Å²) >= 11 is 0. The molecule has 4 heteroatoms. The van der Waals surface area contributed by atoms with Gasteiger partial charge < -0.3 is 0 Å². The number of carbonyl (C=O) groups excluding carboxylic acids is 3. The number of rotatable bonds is 5. The Morgan fingerprint density at radius 1 is 1.06 bits per heavy atom. The van der Waals surface area contributed by atoms with Crippen LogP contribution in [0.1, 0.15) is 36.0 Å². The Kier molecular flexibility index (Phi) is 3.87. The van der Waals surface area contributed by atoms with Crippen LogP contribution in [0.5, 0.6) is 0 Å². The molecule has 2 rings (SSSR count). The van der Waals surface area contributed by atoms with Crippen molar-refractivity contribution in [2.24, 2.45) is 0 Å². The molecular weight excluding hydrogens is 230 g/mol. The zero-order valence-corrected chi connectivity index (χ0v) is 10.1. The lowest BCUT2D eigenvalue weighted by molar-refractivity contribution is -0.138. The fourth-order valence-electron chi connectivity index (χ4n) is 2.04. The summed E-state index contributed by atoms with van der Waals surface area (Å²) in [4.78, 5) is 35.8. The van der Waals surface area contributed by atoms with Gasteiger partial charge in [-0.1, -0.05) is 30.3 Å². The van der Waals surface area contributed by atoms with E-state index in [0.717, 1.165) is 0 Å². The van der Waals surface area contributed by atoms with E-state index in [9.17, 15) is 14.4 Å². The minimum atomic E-state index is -0.118. The fraction of sp³-hybridized carbons (Fsp3) is 0.357. The summed E-state index contributed by atoms with van der Waals surface area (Å²) in [7, 11) is 0. The maximum absolute atomic E-state index is 11.8. The van der Waals surface area contributed by atoms with Crippen molar-refractivity contribution in [3.63, 3.8) is 0 Å². The Morgan fingerprint density at radius 3 is 2.28 bits per heavy atom. The van der Waals surface area contributed by atoms with E-state index >= 15 is 0 Å². The molecule has 2 amide bonds. The number of imide groups is 1. The lowest BCUT2D eigenvalue weighted by Gasteiger charge is -2.12. The summed E-state index contributed by atoms with van der Waals surface area (Å²) in [6.45, 7) is 0.357. The van der Waals surface area contributed by atoms with Crippen LogP contribution in [0.25, 0.3) is 0 Å². The lowest BCUT2D eigenvalue weighted by atomic mass is 10.1. The number of carbonyl (C=O) groups is 3. The molecule has 0 N–H and O–H groups in total. The molecular formula is C14H15NO3. The zero-order valence-electron chi connectivity index (χ0n) is 10.1. The fourth-order valence-corrected chi connectivity index (χ4v) is 2.04. The first-order valence-corrected chi connectivity index (χ1v) is 6.10. The second kappa shape index (κ2) is 5.58. The molecule has 1 aromatic carbocycles. The monoisotopic (exact) mass is 245 g/mol. The van der Waals surface area contributed by atoms with Crippen LogP contribution in [0.3, 0.4) is 0 Å². The quantitative estimate of drug-likeness (QED) is 0.587. The highest BCUT2D eigenvalue weighted by atomic mass is 16.2. The van der Waals surface area contributed by atoms with Gasteiger partial charge in [-0.05, 0) is 6.42 Å². The highest BCUT2D eigenvalue weighted by Gasteiger charge is 2.28. The molecule has 1 saturated heterocycles. The van der Waals surface area contributed by atoms with Crippen molar-refractivity contribution in [2.45, 2.75) is 25.7 Å². The average molecular weight is 245 g/mol. The number of benzene rings is 1. The average Bonchev–Trinajstić information content (AvgIpc) is 2.71. The lowest BCUT2D eigenvalue weighted by Crippen LogP contribution is -2.30. The van der Waals surface area contributed by atoms with E-state index in [-0.39, 0.29) is 17.6 Å². The van der Waals surface area contributed by atoms with E-state index in [2.05, 4.69) is 0 Å². The molecule has 1 heterocycles. The molecule has 18 heavy (non-hydrogen) atoms. The number of hydrogen-bond acceptors (Lipinski definition) is 3. The van der Waals surface area contributed by atoms with Crippen molar-refractivity contribution < 1.29 is 14.4 Å². The van der Waals surface area contributed by atoms with Crippen LogP contribution in [0.15, 0.2) is 30.3 Å². The van der Waals surface area contributed by atoms with E-state index in [1.807, 2.05) is 18.2 Å². The number of Topliss-reactive ketones (excluding diaryl/α,β-unsaturated/α-hetero) is 1. The summed E-state index contributed by atoms with van der Waals surface area (Å²) in [6.07, 6.45) is 1.52. The molecule has 0 atom stereocenters. The van der Waals surface area contributed by atoms with Gasteiger partial charge in [0, 0.05) is 31.4 Å². The zero-order chi connectivity index (χ0) is 13.0. The third kappa shape index (κ3) is 2.83. The van der Waals surface area contributed by atoms with Crippen molar-refractivity contribution >= 4 is 17.6 Å². The molecule has 0 aromatic heterocycles. The van der Waals surface area contributed by atoms with Crippen molar-refractivity contribution in [1.29, 1.82) is 0 Å². The molecule has 94 valence electrons. The van der Waals surface area contributed by atoms with Crippen LogP contribution < -0.4 is 0 Å². The highest BCUT2D eigenvalue weighted by Crippen LogP contribution is 2.13. The molecule has 1 fully saturated rings. The van der Waals surface area contributed by atoms with Crippen LogP contribution in [0, 0.1) is 0 Å². The maximum atomic E-state index is 11.8. The number of likely N-dealkylation sites (tertiary alicyclic amines) is 1. The van der Waals surface area contributed by atoms with Crippen LogP contribution in [-0.2, 0) is 9.59 Å². The first-order valence-electron chi connectivity index (χ1n) is 6.10. The second-order valence-electron chi connectivity index (χ2n) is 4.33. The first kappa shape index (κ1) is 12.5. The van der Waals surface area contributed by atoms with Crippen LogP contribution in [-0.4, -0.2) is 29.0 Å². The van der Waals surface area contributed by atoms with Crippen molar-refractivity contribution in [1.82, 2.24) is 4.90 Å². The molecule has 0 saturated carbocycles. The molecule has 0 unspecified atom stereocenters. The third-order valence-corrected chi connectivity index (χ3v) is 3.04. The smallest absolute Gasteiger partial charge is 0.229 e. The summed E-state index contributed by atoms with van der Waals surface area (Å²) in [5.41, 5.74) is 0.677. The molecule has 1 aromatic rings. The maximum Gasteiger partial charge on any atom is 0.229 e. The largest absolute Gasteiger partial charge is 0.294 e. The summed E-state index contributed by atoms with van der Waals surface area (Å²) in [5.74, 6) is -0.186. The molecule has 0 radical (unpaired) electrons. The number of hydrogen-bond donors (Lipinski definition) is 0. The number of amides is 2. The van der Waals surface area contributed by atoms with Crippen LogP contribution in [0.2, 0.25) is 0 Å². The molecule has 1 aliphatic rings. The van der Waals surface area contributed by atoms with Gasteiger partial charge >= 0.3 is 0 Å². The van der Waals surface area contributed by atoms with E-state index < -0.39 is 0 Å². The minimum Gasteiger partial charge on any atom is -0.294 e. The van der Waals surface area contributed by atoms with Gasteiger partial charge in [-0.15, -0.1) is 0 Å². The number of nitrogens with zero attached hydrogens (tertiary/aromatic N) is 1. The Hall–Kier alpha value is -1.97. The third-order valence-electron chi connectivity index (χ3n) is 3.04. The van der Waals surface area contributed by atoms with Gasteiger partial charge in [-0.3, -0.25) is 19.3 Å². The highest BCUT2D eigenvalue weighted by molar-refractivity contribution is 6.02. The van der Waals surface area contributed by atoms with Gasteiger partial charge in [0.25, 0.3) is 0 Å². The SMILES string of the molecule is O=C(CCCN1C(=O)CCC1=O)c1ccccc1. The van der Waals surface area contributed by atoms with Crippen molar-refractivity contribution in [3.05, 3.63) is 35.9 Å². The van der Waals surface area contributed by atoms with E-state index in [1.165, 1.54) is 4.90 Å². The van der Waals surface area contributed by atoms with Gasteiger partial charge in [0.05, 0.1) is 0 Å². The molecule has 4 nitrogen and oxygen atoms in total. The van der Waals surface area contributed by atoms with E-state index in [4.69, 9.17) is 0 Å². The summed E-state index contributed by atoms with van der Waals surface area (Å²) < 4.78 is 0. The second-order valence-corrected chi connectivity index (χ2v) is 4.33. The summed E-state index contributed by atoms with van der Waals surface area (Å²) in [5, 5.41) is 0. The van der Waals surface area contributed by atoms with E-state index in [0.29, 0.717) is 37.8 Å². The van der Waals surface area contributed by atoms with Gasteiger partial charge in [0.15, 0.2) is 5.78 Å². The molecule has 0 bridgehead atoms. The Labute approximate surface area is 106 Å². The summed E-state index contributed by atoms with van der Waals surface area (Å²) in [6, 6.07) is 9.04. The minimum absolute atomic E-state index is 0.0506. The Balaban J connectivity index is 1.81. The van der Waals surface area contributed by atoms with Crippen molar-refractivity contribution in [2.75, 3.05) is 6.54 Å². The van der Waals surface area contributed by atoms with Gasteiger partial charge in [-0.2, -0.15) is 0 Å². The standard InChI is InChI=1S/C14H15NO3/c16-12(11-5-2-1-3-6-11)7-4-10-15-13(17)8-9-14(15)18/h1-3,5-6H,4,7-10H2. The first-order chi connectivity index (χ1) is 8.68. The Bertz CT molecular complexity index is 451. The van der Waals surface area contributed by atoms with E-state index in [1.54, 1.807) is 12.1 Å². The molecule has 1 aliphatic heterocycles. The predicted octanol–water partition coefficient (Wildman–Crippen LogP) is 1.80. The molecule has 0 aliphatic carbocycles. The van der Waals surface area contributed by atoms with Crippen LogP contribution in [0.4, 0.5) is 0 Å². The van der Waals surface area contributed by atoms with Gasteiger partial charge in [0.2, 0.25) is 11.8 Å². The van der Waals surface area contributed by atoms with Crippen molar-refractivity contribution in [3.8, 4) is 0 Å². The number of ketones is 1. The van der Waals surface area contributed by atoms with Crippen LogP contribution >= 0.6 is 0 Å². The topological polar surface area (TPSA) is 54.5 Å². The molecule has 0 spiro atoms.